The van der Waals surface area contributed by atoms with Gasteiger partial charge in [0.25, 0.3) is 0 Å². The standard InChI is InChI=1S/C8H14N4/c1-6-2-7(3-6)4-12-5-10-8(9)11-12/h5-7H,2-4H2,1H3,(H2,9,11). The van der Waals surface area contributed by atoms with Gasteiger partial charge in [0, 0.05) is 6.54 Å². The highest BCUT2D eigenvalue weighted by Gasteiger charge is 2.25. The third-order valence-electron chi connectivity index (χ3n) is 2.47. The van der Waals surface area contributed by atoms with Gasteiger partial charge in [0.05, 0.1) is 0 Å². The minimum Gasteiger partial charge on any atom is -0.367 e. The Morgan fingerprint density at radius 2 is 2.42 bits per heavy atom. The van der Waals surface area contributed by atoms with Crippen molar-refractivity contribution in [1.29, 1.82) is 0 Å². The first-order chi connectivity index (χ1) is 5.74. The molecular formula is C8H14N4. The molecule has 0 saturated heterocycles. The maximum absolute atomic E-state index is 5.40. The van der Waals surface area contributed by atoms with E-state index in [1.54, 1.807) is 6.33 Å². The summed E-state index contributed by atoms with van der Waals surface area (Å²) < 4.78 is 1.84. The van der Waals surface area contributed by atoms with Crippen LogP contribution in [0.4, 0.5) is 5.95 Å². The minimum absolute atomic E-state index is 0.377. The lowest BCUT2D eigenvalue weighted by atomic mass is 9.76. The molecule has 0 aromatic carbocycles. The number of hydrogen-bond donors (Lipinski definition) is 1. The van der Waals surface area contributed by atoms with Crippen molar-refractivity contribution < 1.29 is 0 Å². The Hall–Kier alpha value is -1.06. The van der Waals surface area contributed by atoms with Crippen molar-refractivity contribution in [2.45, 2.75) is 26.3 Å². The zero-order valence-electron chi connectivity index (χ0n) is 7.27. The molecule has 0 radical (unpaired) electrons. The molecule has 1 saturated carbocycles. The summed E-state index contributed by atoms with van der Waals surface area (Å²) in [5.41, 5.74) is 5.40. The highest BCUT2D eigenvalue weighted by molar-refractivity contribution is 5.09. The van der Waals surface area contributed by atoms with Gasteiger partial charge in [-0.25, -0.2) is 4.98 Å². The molecule has 0 atom stereocenters. The Balaban J connectivity index is 1.88. The van der Waals surface area contributed by atoms with Crippen LogP contribution in [0.25, 0.3) is 0 Å². The number of nitrogen functional groups attached to an aromatic ring is 1. The van der Waals surface area contributed by atoms with Crippen LogP contribution in [-0.2, 0) is 6.54 Å². The van der Waals surface area contributed by atoms with Crippen molar-refractivity contribution >= 4 is 5.95 Å². The molecule has 1 heterocycles. The fraction of sp³-hybridized carbons (Fsp3) is 0.750. The Labute approximate surface area is 71.8 Å². The molecule has 0 spiro atoms. The lowest BCUT2D eigenvalue weighted by Crippen LogP contribution is -2.25. The molecule has 1 fully saturated rings. The van der Waals surface area contributed by atoms with Crippen LogP contribution in [0, 0.1) is 11.8 Å². The van der Waals surface area contributed by atoms with E-state index in [1.165, 1.54) is 12.8 Å². The third-order valence-corrected chi connectivity index (χ3v) is 2.47. The van der Waals surface area contributed by atoms with E-state index in [0.29, 0.717) is 5.95 Å². The molecule has 1 aromatic heterocycles. The van der Waals surface area contributed by atoms with Gasteiger partial charge in [-0.15, -0.1) is 5.10 Å². The van der Waals surface area contributed by atoms with E-state index in [2.05, 4.69) is 17.0 Å². The van der Waals surface area contributed by atoms with Crippen molar-refractivity contribution in [2.75, 3.05) is 5.73 Å². The van der Waals surface area contributed by atoms with E-state index >= 15 is 0 Å². The number of hydrogen-bond acceptors (Lipinski definition) is 3. The molecule has 1 aliphatic carbocycles. The van der Waals surface area contributed by atoms with Crippen LogP contribution in [0.1, 0.15) is 19.8 Å². The van der Waals surface area contributed by atoms with E-state index in [9.17, 15) is 0 Å². The molecule has 1 aliphatic rings. The summed E-state index contributed by atoms with van der Waals surface area (Å²) in [6.45, 7) is 3.26. The van der Waals surface area contributed by atoms with Crippen LogP contribution >= 0.6 is 0 Å². The van der Waals surface area contributed by atoms with Gasteiger partial charge in [0.15, 0.2) is 0 Å². The predicted octanol–water partition coefficient (Wildman–Crippen LogP) is 0.906. The quantitative estimate of drug-likeness (QED) is 0.710. The molecule has 4 nitrogen and oxygen atoms in total. The summed E-state index contributed by atoms with van der Waals surface area (Å²) >= 11 is 0. The highest BCUT2D eigenvalue weighted by atomic mass is 15.4. The first-order valence-electron chi connectivity index (χ1n) is 4.39. The molecule has 0 bridgehead atoms. The maximum Gasteiger partial charge on any atom is 0.239 e. The monoisotopic (exact) mass is 166 g/mol. The van der Waals surface area contributed by atoms with Crippen molar-refractivity contribution in [2.24, 2.45) is 11.8 Å². The van der Waals surface area contributed by atoms with Crippen LogP contribution in [0.5, 0.6) is 0 Å². The molecule has 0 unspecified atom stereocenters. The van der Waals surface area contributed by atoms with Crippen LogP contribution in [-0.4, -0.2) is 14.8 Å². The van der Waals surface area contributed by atoms with Crippen LogP contribution in [0.2, 0.25) is 0 Å². The lowest BCUT2D eigenvalue weighted by Gasteiger charge is -2.32. The second-order valence-electron chi connectivity index (χ2n) is 3.77. The van der Waals surface area contributed by atoms with Gasteiger partial charge >= 0.3 is 0 Å². The number of rotatable bonds is 2. The Bertz CT molecular complexity index is 262. The molecule has 0 amide bonds. The van der Waals surface area contributed by atoms with Gasteiger partial charge in [-0.2, -0.15) is 0 Å². The number of nitrogens with zero attached hydrogens (tertiary/aromatic N) is 3. The SMILES string of the molecule is CC1CC(Cn2cnc(N)n2)C1. The zero-order chi connectivity index (χ0) is 8.55. The van der Waals surface area contributed by atoms with E-state index in [-0.39, 0.29) is 0 Å². The van der Waals surface area contributed by atoms with E-state index in [0.717, 1.165) is 18.4 Å². The first-order valence-corrected chi connectivity index (χ1v) is 4.39. The number of nitrogens with two attached hydrogens (primary N) is 1. The van der Waals surface area contributed by atoms with E-state index < -0.39 is 0 Å². The van der Waals surface area contributed by atoms with Crippen molar-refractivity contribution in [3.8, 4) is 0 Å². The summed E-state index contributed by atoms with van der Waals surface area (Å²) in [6.07, 6.45) is 4.35. The number of aromatic nitrogens is 3. The van der Waals surface area contributed by atoms with E-state index in [4.69, 9.17) is 5.73 Å². The average Bonchev–Trinajstić information content (AvgIpc) is 2.33. The van der Waals surface area contributed by atoms with Crippen LogP contribution < -0.4 is 5.73 Å². The van der Waals surface area contributed by atoms with Gasteiger partial charge in [0.1, 0.15) is 6.33 Å². The van der Waals surface area contributed by atoms with Crippen molar-refractivity contribution in [3.05, 3.63) is 6.33 Å². The van der Waals surface area contributed by atoms with Gasteiger partial charge in [-0.3, -0.25) is 4.68 Å². The predicted molar refractivity (Wildman–Crippen MR) is 46.3 cm³/mol. The summed E-state index contributed by atoms with van der Waals surface area (Å²) in [6, 6.07) is 0. The molecule has 2 rings (SSSR count). The average molecular weight is 166 g/mol. The topological polar surface area (TPSA) is 56.7 Å². The Morgan fingerprint density at radius 3 is 2.92 bits per heavy atom. The largest absolute Gasteiger partial charge is 0.367 e. The third kappa shape index (κ3) is 1.42. The lowest BCUT2D eigenvalue weighted by molar-refractivity contribution is 0.182. The summed E-state index contributed by atoms with van der Waals surface area (Å²) in [5, 5.41) is 4.04. The molecule has 1 aromatic rings. The molecule has 12 heavy (non-hydrogen) atoms. The molecule has 4 heteroatoms. The van der Waals surface area contributed by atoms with Gasteiger partial charge < -0.3 is 5.73 Å². The molecule has 66 valence electrons. The normalized spacial score (nSPS) is 28.4. The highest BCUT2D eigenvalue weighted by Crippen LogP contribution is 2.33. The van der Waals surface area contributed by atoms with Gasteiger partial charge in [-0.05, 0) is 24.7 Å². The number of anilines is 1. The van der Waals surface area contributed by atoms with Gasteiger partial charge in [0.2, 0.25) is 5.95 Å². The molecule has 0 aliphatic heterocycles. The van der Waals surface area contributed by atoms with Crippen LogP contribution in [0.15, 0.2) is 6.33 Å². The fourth-order valence-corrected chi connectivity index (χ4v) is 1.88. The smallest absolute Gasteiger partial charge is 0.239 e. The zero-order valence-corrected chi connectivity index (χ0v) is 7.27. The summed E-state index contributed by atoms with van der Waals surface area (Å²) in [5.74, 6) is 2.07. The van der Waals surface area contributed by atoms with Crippen molar-refractivity contribution in [3.63, 3.8) is 0 Å². The van der Waals surface area contributed by atoms with E-state index in [1.807, 2.05) is 4.68 Å². The van der Waals surface area contributed by atoms with Crippen LogP contribution in [0.3, 0.4) is 0 Å². The van der Waals surface area contributed by atoms with Crippen molar-refractivity contribution in [1.82, 2.24) is 14.8 Å². The Kier molecular flexibility index (Phi) is 1.75. The summed E-state index contributed by atoms with van der Waals surface area (Å²) in [7, 11) is 0. The first kappa shape index (κ1) is 7.58. The minimum atomic E-state index is 0.377. The Morgan fingerprint density at radius 1 is 1.67 bits per heavy atom. The summed E-state index contributed by atoms with van der Waals surface area (Å²) in [4.78, 5) is 3.88. The second-order valence-corrected chi connectivity index (χ2v) is 3.77. The molecule has 2 N–H and O–H groups in total. The maximum atomic E-state index is 5.40. The van der Waals surface area contributed by atoms with Gasteiger partial charge in [-0.1, -0.05) is 6.92 Å². The fourth-order valence-electron chi connectivity index (χ4n) is 1.88. The second kappa shape index (κ2) is 2.77. The molecular weight excluding hydrogens is 152 g/mol.